The highest BCUT2D eigenvalue weighted by Crippen LogP contribution is 2.50. The number of fused-ring (bicyclic) bond motifs is 9. The van der Waals surface area contributed by atoms with Crippen molar-refractivity contribution in [2.75, 3.05) is 0 Å². The minimum absolute atomic E-state index is 0.707. The molecule has 46 heavy (non-hydrogen) atoms. The predicted molar refractivity (Wildman–Crippen MR) is 187 cm³/mol. The lowest BCUT2D eigenvalue weighted by Crippen LogP contribution is -1.99. The Kier molecular flexibility index (Phi) is 5.25. The maximum atomic E-state index is 6.46. The van der Waals surface area contributed by atoms with E-state index in [-0.39, 0.29) is 0 Å². The third kappa shape index (κ3) is 3.61. The number of rotatable bonds is 3. The molecule has 4 heteroatoms. The number of benzene rings is 7. The van der Waals surface area contributed by atoms with E-state index in [1.807, 2.05) is 24.3 Å². The zero-order valence-electron chi connectivity index (χ0n) is 24.7. The van der Waals surface area contributed by atoms with Crippen molar-refractivity contribution in [1.82, 2.24) is 9.13 Å². The number of para-hydroxylation sites is 4. The normalized spacial score (nSPS) is 12.3. The molecule has 3 heterocycles. The Labute approximate surface area is 264 Å². The molecule has 1 aliphatic heterocycles. The number of aromatic nitrogens is 2. The van der Waals surface area contributed by atoms with E-state index >= 15 is 0 Å². The average molecular weight is 591 g/mol. The van der Waals surface area contributed by atoms with Crippen LogP contribution in [0.5, 0.6) is 23.0 Å². The molecule has 10 rings (SSSR count). The van der Waals surface area contributed by atoms with Crippen LogP contribution in [-0.2, 0) is 0 Å². The second kappa shape index (κ2) is 9.62. The van der Waals surface area contributed by atoms with Gasteiger partial charge < -0.3 is 18.6 Å². The highest BCUT2D eigenvalue weighted by molar-refractivity contribution is 6.26. The summed E-state index contributed by atoms with van der Waals surface area (Å²) in [6.07, 6.45) is 0. The zero-order chi connectivity index (χ0) is 30.2. The van der Waals surface area contributed by atoms with Gasteiger partial charge >= 0.3 is 0 Å². The van der Waals surface area contributed by atoms with Crippen molar-refractivity contribution in [3.63, 3.8) is 0 Å². The van der Waals surface area contributed by atoms with E-state index in [1.165, 1.54) is 38.3 Å². The van der Waals surface area contributed by atoms with Crippen LogP contribution in [-0.4, -0.2) is 9.13 Å². The number of ether oxygens (including phenoxy) is 2. The molecule has 7 aromatic carbocycles. The first-order valence-electron chi connectivity index (χ1n) is 15.5. The molecule has 0 saturated heterocycles. The van der Waals surface area contributed by atoms with Gasteiger partial charge in [-0.3, -0.25) is 0 Å². The Morgan fingerprint density at radius 3 is 1.80 bits per heavy atom. The van der Waals surface area contributed by atoms with Crippen LogP contribution in [0.4, 0.5) is 0 Å². The predicted octanol–water partition coefficient (Wildman–Crippen LogP) is 11.4. The highest BCUT2D eigenvalue weighted by atomic mass is 16.6. The molecule has 0 saturated carbocycles. The highest BCUT2D eigenvalue weighted by Gasteiger charge is 2.25. The minimum Gasteiger partial charge on any atom is -0.449 e. The van der Waals surface area contributed by atoms with E-state index in [4.69, 9.17) is 9.47 Å². The Hall–Kier alpha value is -6.26. The molecule has 0 fully saturated rings. The first kappa shape index (κ1) is 25.1. The van der Waals surface area contributed by atoms with Gasteiger partial charge in [0.05, 0.1) is 22.1 Å². The van der Waals surface area contributed by atoms with Gasteiger partial charge in [0.1, 0.15) is 0 Å². The summed E-state index contributed by atoms with van der Waals surface area (Å²) in [4.78, 5) is 0. The quantitative estimate of drug-likeness (QED) is 0.205. The molecule has 1 aliphatic rings. The molecule has 0 atom stereocenters. The molecule has 4 nitrogen and oxygen atoms in total. The SMILES string of the molecule is c1ccc(-c2cccc(-n3c4ccccc4c4ccc5c(c6cc7c(cc6n5-c5ccccc5)Oc5ccccc5O7)c43)c2)cc1. The van der Waals surface area contributed by atoms with Gasteiger partial charge in [0, 0.05) is 39.0 Å². The number of hydrogen-bond donors (Lipinski definition) is 0. The van der Waals surface area contributed by atoms with Gasteiger partial charge in [0.25, 0.3) is 0 Å². The monoisotopic (exact) mass is 590 g/mol. The van der Waals surface area contributed by atoms with E-state index in [1.54, 1.807) is 0 Å². The molecule has 0 amide bonds. The second-order valence-corrected chi connectivity index (χ2v) is 11.8. The van der Waals surface area contributed by atoms with Crippen LogP contribution in [0.25, 0.3) is 66.1 Å². The summed E-state index contributed by atoms with van der Waals surface area (Å²) >= 11 is 0. The summed E-state index contributed by atoms with van der Waals surface area (Å²) in [6.45, 7) is 0. The molecule has 0 unspecified atom stereocenters. The molecular weight excluding hydrogens is 564 g/mol. The van der Waals surface area contributed by atoms with E-state index in [9.17, 15) is 0 Å². The number of hydrogen-bond acceptors (Lipinski definition) is 2. The van der Waals surface area contributed by atoms with Crippen molar-refractivity contribution < 1.29 is 9.47 Å². The van der Waals surface area contributed by atoms with Crippen LogP contribution >= 0.6 is 0 Å². The van der Waals surface area contributed by atoms with Crippen molar-refractivity contribution >= 4 is 43.6 Å². The van der Waals surface area contributed by atoms with E-state index < -0.39 is 0 Å². The van der Waals surface area contributed by atoms with Crippen molar-refractivity contribution in [2.45, 2.75) is 0 Å². The molecule has 0 bridgehead atoms. The van der Waals surface area contributed by atoms with E-state index in [2.05, 4.69) is 143 Å². The Morgan fingerprint density at radius 2 is 1.00 bits per heavy atom. The first-order chi connectivity index (χ1) is 22.8. The second-order valence-electron chi connectivity index (χ2n) is 11.8. The topological polar surface area (TPSA) is 28.3 Å². The van der Waals surface area contributed by atoms with E-state index in [0.717, 1.165) is 39.3 Å². The Bertz CT molecular complexity index is 2630. The van der Waals surface area contributed by atoms with Crippen LogP contribution < -0.4 is 9.47 Å². The largest absolute Gasteiger partial charge is 0.449 e. The fourth-order valence-corrected chi connectivity index (χ4v) is 7.16. The first-order valence-corrected chi connectivity index (χ1v) is 15.5. The molecule has 0 aliphatic carbocycles. The Balaban J connectivity index is 1.35. The Morgan fingerprint density at radius 1 is 0.348 bits per heavy atom. The maximum absolute atomic E-state index is 6.46. The third-order valence-electron chi connectivity index (χ3n) is 9.14. The molecule has 2 aromatic heterocycles. The van der Waals surface area contributed by atoms with Gasteiger partial charge in [0.2, 0.25) is 0 Å². The molecule has 0 radical (unpaired) electrons. The van der Waals surface area contributed by atoms with Gasteiger partial charge in [-0.1, -0.05) is 97.1 Å². The van der Waals surface area contributed by atoms with Gasteiger partial charge in [0.15, 0.2) is 23.0 Å². The molecule has 216 valence electrons. The van der Waals surface area contributed by atoms with Gasteiger partial charge in [-0.2, -0.15) is 0 Å². The van der Waals surface area contributed by atoms with Gasteiger partial charge in [-0.05, 0) is 65.7 Å². The molecule has 9 aromatic rings. The summed E-state index contributed by atoms with van der Waals surface area (Å²) in [7, 11) is 0. The summed E-state index contributed by atoms with van der Waals surface area (Å²) in [6, 6.07) is 55.4. The lowest BCUT2D eigenvalue weighted by Gasteiger charge is -2.20. The summed E-state index contributed by atoms with van der Waals surface area (Å²) < 4.78 is 17.6. The van der Waals surface area contributed by atoms with Crippen LogP contribution in [0, 0.1) is 0 Å². The van der Waals surface area contributed by atoms with Crippen molar-refractivity contribution in [2.24, 2.45) is 0 Å². The maximum Gasteiger partial charge on any atom is 0.172 e. The summed E-state index contributed by atoms with van der Waals surface area (Å²) in [5.74, 6) is 2.86. The lowest BCUT2D eigenvalue weighted by molar-refractivity contribution is 0.360. The van der Waals surface area contributed by atoms with Gasteiger partial charge in [-0.25, -0.2) is 0 Å². The van der Waals surface area contributed by atoms with Crippen LogP contribution in [0.15, 0.2) is 158 Å². The molecular formula is C42H26N2O2. The molecule has 0 spiro atoms. The van der Waals surface area contributed by atoms with Crippen LogP contribution in [0.3, 0.4) is 0 Å². The van der Waals surface area contributed by atoms with Crippen molar-refractivity contribution in [3.05, 3.63) is 158 Å². The zero-order valence-corrected chi connectivity index (χ0v) is 24.7. The smallest absolute Gasteiger partial charge is 0.172 e. The third-order valence-corrected chi connectivity index (χ3v) is 9.14. The standard InChI is InChI=1S/C42H26N2O2/c1-3-12-27(13-4-1)28-14-11-17-30(24-28)44-34-19-8-7-18-31(34)32-22-23-35-41(42(32)44)33-25-39-40(46-38-21-10-9-20-37(38)45-39)26-36(33)43(35)29-15-5-2-6-16-29/h1-26H. The van der Waals surface area contributed by atoms with Crippen molar-refractivity contribution in [3.8, 4) is 45.5 Å². The average Bonchev–Trinajstić information content (AvgIpc) is 3.63. The minimum atomic E-state index is 0.707. The number of nitrogens with zero attached hydrogens (tertiary/aromatic N) is 2. The van der Waals surface area contributed by atoms with Gasteiger partial charge in [-0.15, -0.1) is 0 Å². The fraction of sp³-hybridized carbons (Fsp3) is 0. The fourth-order valence-electron chi connectivity index (χ4n) is 7.16. The summed E-state index contributed by atoms with van der Waals surface area (Å²) in [5.41, 5.74) is 9.10. The van der Waals surface area contributed by atoms with E-state index in [0.29, 0.717) is 11.5 Å². The van der Waals surface area contributed by atoms with Crippen molar-refractivity contribution in [1.29, 1.82) is 0 Å². The van der Waals surface area contributed by atoms with Crippen LogP contribution in [0.1, 0.15) is 0 Å². The molecule has 0 N–H and O–H groups in total. The summed E-state index contributed by atoms with van der Waals surface area (Å²) in [5, 5.41) is 4.70. The lowest BCUT2D eigenvalue weighted by atomic mass is 10.0. The van der Waals surface area contributed by atoms with Crippen LogP contribution in [0.2, 0.25) is 0 Å².